The van der Waals surface area contributed by atoms with Gasteiger partial charge in [-0.15, -0.1) is 0 Å². The summed E-state index contributed by atoms with van der Waals surface area (Å²) in [6.45, 7) is 2.82. The summed E-state index contributed by atoms with van der Waals surface area (Å²) < 4.78 is 84.0. The van der Waals surface area contributed by atoms with E-state index in [1.54, 1.807) is 16.9 Å². The number of nitrogens with zero attached hydrogens (tertiary/aromatic N) is 4. The van der Waals surface area contributed by atoms with Crippen LogP contribution < -0.4 is 15.8 Å². The number of aryl methyl sites for hydroxylation is 1. The number of rotatable bonds is 7. The normalized spacial score (nSPS) is 18.6. The number of amides is 1. The van der Waals surface area contributed by atoms with E-state index in [-0.39, 0.29) is 31.6 Å². The van der Waals surface area contributed by atoms with Crippen molar-refractivity contribution in [2.75, 3.05) is 43.1 Å². The number of piperazine rings is 1. The number of hydrogen-bond donors (Lipinski definition) is 2. The highest BCUT2D eigenvalue weighted by Crippen LogP contribution is 2.36. The van der Waals surface area contributed by atoms with Crippen molar-refractivity contribution in [1.82, 2.24) is 20.1 Å². The summed E-state index contributed by atoms with van der Waals surface area (Å²) in [6, 6.07) is 0.477. The topological polar surface area (TPSA) is 103 Å². The Balaban J connectivity index is 1.24. The minimum absolute atomic E-state index is 0.0177. The van der Waals surface area contributed by atoms with Crippen molar-refractivity contribution >= 4 is 17.4 Å². The highest BCUT2D eigenvalue weighted by molar-refractivity contribution is 5.76. The van der Waals surface area contributed by atoms with Gasteiger partial charge in [-0.25, -0.2) is 10.1 Å². The molecule has 2 atom stereocenters. The Bertz CT molecular complexity index is 1220. The number of anilines is 2. The van der Waals surface area contributed by atoms with Crippen molar-refractivity contribution < 1.29 is 35.9 Å². The molecule has 2 aromatic rings. The molecule has 208 valence electrons. The molecule has 9 nitrogen and oxygen atoms in total. The summed E-state index contributed by atoms with van der Waals surface area (Å²) >= 11 is 0. The number of pyridine rings is 1. The Morgan fingerprint density at radius 2 is 1.97 bits per heavy atom. The summed E-state index contributed by atoms with van der Waals surface area (Å²) in [5.74, 6) is 0.366. The van der Waals surface area contributed by atoms with Gasteiger partial charge in [0, 0.05) is 37.9 Å². The lowest BCUT2D eigenvalue weighted by molar-refractivity contribution is -0.138. The van der Waals surface area contributed by atoms with Gasteiger partial charge in [0.2, 0.25) is 5.91 Å². The third kappa shape index (κ3) is 6.19. The number of carbonyl (C=O) groups excluding carboxylic acids is 1. The SMILES string of the molecule is C[C@@H](COCCC(=O)N1CCN2c3ncc(C(F)(F)F)cc3CC[C@H]2C1)Nc1cn[nH]c(=O)c1C(F)(F)F. The van der Waals surface area contributed by atoms with Gasteiger partial charge in [0.05, 0.1) is 37.1 Å². The summed E-state index contributed by atoms with van der Waals surface area (Å²) in [5, 5.41) is 7.72. The monoisotopic (exact) mass is 548 g/mol. The van der Waals surface area contributed by atoms with Crippen molar-refractivity contribution in [3.05, 3.63) is 45.5 Å². The van der Waals surface area contributed by atoms with Crippen LogP contribution in [0.15, 0.2) is 23.3 Å². The van der Waals surface area contributed by atoms with Gasteiger partial charge in [-0.2, -0.15) is 31.4 Å². The highest BCUT2D eigenvalue weighted by atomic mass is 19.4. The Morgan fingerprint density at radius 3 is 2.68 bits per heavy atom. The van der Waals surface area contributed by atoms with Gasteiger partial charge in [-0.3, -0.25) is 9.59 Å². The van der Waals surface area contributed by atoms with Gasteiger partial charge in [-0.05, 0) is 31.4 Å². The fraction of sp³-hybridized carbons (Fsp3) is 0.565. The number of alkyl halides is 6. The summed E-state index contributed by atoms with van der Waals surface area (Å²) in [5.41, 5.74) is -3.43. The number of H-pyrrole nitrogens is 1. The third-order valence-corrected chi connectivity index (χ3v) is 6.49. The zero-order valence-corrected chi connectivity index (χ0v) is 20.3. The maximum Gasteiger partial charge on any atom is 0.423 e. The van der Waals surface area contributed by atoms with E-state index in [0.717, 1.165) is 18.5 Å². The number of nitrogens with one attached hydrogen (secondary N) is 2. The van der Waals surface area contributed by atoms with Crippen molar-refractivity contribution in [2.24, 2.45) is 0 Å². The first-order chi connectivity index (χ1) is 17.8. The van der Waals surface area contributed by atoms with Crippen LogP contribution in [0.3, 0.4) is 0 Å². The van der Waals surface area contributed by atoms with Crippen LogP contribution in [0.1, 0.15) is 36.5 Å². The van der Waals surface area contributed by atoms with Crippen LogP contribution in [-0.2, 0) is 28.3 Å². The Hall–Kier alpha value is -3.36. The minimum Gasteiger partial charge on any atom is -0.379 e. The second kappa shape index (κ2) is 10.8. The molecule has 4 heterocycles. The number of carbonyl (C=O) groups is 1. The average molecular weight is 548 g/mol. The van der Waals surface area contributed by atoms with Gasteiger partial charge in [-0.1, -0.05) is 0 Å². The smallest absolute Gasteiger partial charge is 0.379 e. The number of hydrogen-bond acceptors (Lipinski definition) is 7. The fourth-order valence-corrected chi connectivity index (χ4v) is 4.70. The Morgan fingerprint density at radius 1 is 1.21 bits per heavy atom. The first-order valence-electron chi connectivity index (χ1n) is 11.9. The molecule has 2 aromatic heterocycles. The molecule has 0 bridgehead atoms. The largest absolute Gasteiger partial charge is 0.423 e. The van der Waals surface area contributed by atoms with Crippen LogP contribution in [0.25, 0.3) is 0 Å². The number of fused-ring (bicyclic) bond motifs is 3. The quantitative estimate of drug-likeness (QED) is 0.405. The first-order valence-corrected chi connectivity index (χ1v) is 11.9. The molecule has 15 heteroatoms. The van der Waals surface area contributed by atoms with Crippen molar-refractivity contribution in [3.63, 3.8) is 0 Å². The molecule has 2 aliphatic heterocycles. The van der Waals surface area contributed by atoms with Crippen LogP contribution in [0.4, 0.5) is 37.8 Å². The minimum atomic E-state index is -4.86. The molecule has 0 unspecified atom stereocenters. The average Bonchev–Trinajstić information content (AvgIpc) is 2.84. The second-order valence-corrected chi connectivity index (χ2v) is 9.29. The van der Waals surface area contributed by atoms with Gasteiger partial charge < -0.3 is 19.9 Å². The van der Waals surface area contributed by atoms with Gasteiger partial charge in [0.15, 0.2) is 0 Å². The van der Waals surface area contributed by atoms with E-state index in [2.05, 4.69) is 15.4 Å². The number of ether oxygens (including phenoxy) is 1. The predicted molar refractivity (Wildman–Crippen MR) is 124 cm³/mol. The van der Waals surface area contributed by atoms with Crippen LogP contribution >= 0.6 is 0 Å². The van der Waals surface area contributed by atoms with Crippen LogP contribution in [0.2, 0.25) is 0 Å². The van der Waals surface area contributed by atoms with E-state index in [1.807, 2.05) is 4.90 Å². The predicted octanol–water partition coefficient (Wildman–Crippen LogP) is 3.07. The standard InChI is InChI=1S/C23H26F6N6O3/c1-13(32-17-10-31-33-21(37)19(17)23(27,28)29)12-38-7-4-18(36)34-5-6-35-16(11-34)3-2-14-8-15(22(24,25)26)9-30-20(14)35/h8-10,13,16H,2-7,11-12H2,1H3,(H2,32,33,37)/t13-,16-/m0/s1. The zero-order chi connectivity index (χ0) is 27.7. The summed E-state index contributed by atoms with van der Waals surface area (Å²) in [7, 11) is 0. The van der Waals surface area contributed by atoms with E-state index in [1.165, 1.54) is 0 Å². The van der Waals surface area contributed by atoms with E-state index in [4.69, 9.17) is 4.74 Å². The molecule has 1 saturated heterocycles. The van der Waals surface area contributed by atoms with Crippen LogP contribution in [0, 0.1) is 0 Å². The molecule has 0 saturated carbocycles. The molecule has 4 rings (SSSR count). The number of aromatic nitrogens is 3. The third-order valence-electron chi connectivity index (χ3n) is 6.49. The highest BCUT2D eigenvalue weighted by Gasteiger charge is 2.38. The molecule has 2 aliphatic rings. The van der Waals surface area contributed by atoms with Crippen molar-refractivity contribution in [2.45, 2.75) is 50.6 Å². The first kappa shape index (κ1) is 27.7. The summed E-state index contributed by atoms with van der Waals surface area (Å²) in [4.78, 5) is 31.9. The van der Waals surface area contributed by atoms with Gasteiger partial charge >= 0.3 is 12.4 Å². The zero-order valence-electron chi connectivity index (χ0n) is 20.3. The number of halogens is 6. The maximum atomic E-state index is 13.2. The van der Waals surface area contributed by atoms with E-state index in [0.29, 0.717) is 43.9 Å². The van der Waals surface area contributed by atoms with Crippen molar-refractivity contribution in [3.8, 4) is 0 Å². The molecular formula is C23H26F6N6O3. The Kier molecular flexibility index (Phi) is 7.85. The van der Waals surface area contributed by atoms with Crippen LogP contribution in [-0.4, -0.2) is 70.9 Å². The fourth-order valence-electron chi connectivity index (χ4n) is 4.70. The molecule has 0 radical (unpaired) electrons. The lowest BCUT2D eigenvalue weighted by Gasteiger charge is -2.45. The second-order valence-electron chi connectivity index (χ2n) is 9.29. The van der Waals surface area contributed by atoms with Gasteiger partial charge in [0.1, 0.15) is 11.4 Å². The summed E-state index contributed by atoms with van der Waals surface area (Å²) in [6.07, 6.45) is -6.52. The van der Waals surface area contributed by atoms with E-state index >= 15 is 0 Å². The molecular weight excluding hydrogens is 522 g/mol. The van der Waals surface area contributed by atoms with Crippen molar-refractivity contribution in [1.29, 1.82) is 0 Å². The molecule has 2 N–H and O–H groups in total. The molecule has 1 fully saturated rings. The number of aromatic amines is 1. The lowest BCUT2D eigenvalue weighted by Crippen LogP contribution is -2.56. The molecule has 0 aromatic carbocycles. The molecule has 38 heavy (non-hydrogen) atoms. The molecule has 0 spiro atoms. The van der Waals surface area contributed by atoms with E-state index < -0.39 is 40.8 Å². The molecule has 1 amide bonds. The van der Waals surface area contributed by atoms with Crippen LogP contribution in [0.5, 0.6) is 0 Å². The Labute approximate surface area is 213 Å². The van der Waals surface area contributed by atoms with Gasteiger partial charge in [0.25, 0.3) is 5.56 Å². The van der Waals surface area contributed by atoms with E-state index in [9.17, 15) is 35.9 Å². The maximum absolute atomic E-state index is 13.2. The lowest BCUT2D eigenvalue weighted by atomic mass is 9.95. The molecule has 0 aliphatic carbocycles.